The van der Waals surface area contributed by atoms with Crippen molar-refractivity contribution in [3.63, 3.8) is 0 Å². The van der Waals surface area contributed by atoms with E-state index in [-0.39, 0.29) is 0 Å². The summed E-state index contributed by atoms with van der Waals surface area (Å²) in [5.74, 6) is 1.11. The van der Waals surface area contributed by atoms with E-state index in [4.69, 9.17) is 16.0 Å². The third kappa shape index (κ3) is 1.46. The molecule has 0 aliphatic rings. The fraction of sp³-hybridized carbons (Fsp3) is 0.222. The van der Waals surface area contributed by atoms with Crippen LogP contribution in [-0.2, 0) is 5.88 Å². The van der Waals surface area contributed by atoms with Gasteiger partial charge in [-0.25, -0.2) is 4.98 Å². The minimum absolute atomic E-state index is 0.454. The Kier molecular flexibility index (Phi) is 2.30. The predicted molar refractivity (Wildman–Crippen MR) is 56.0 cm³/mol. The molecule has 13 heavy (non-hydrogen) atoms. The normalized spacial score (nSPS) is 11.0. The molecule has 4 heteroatoms. The maximum atomic E-state index is 5.77. The quantitative estimate of drug-likeness (QED) is 0.732. The topological polar surface area (TPSA) is 26.0 Å². The molecule has 0 saturated carbocycles. The lowest BCUT2D eigenvalue weighted by molar-refractivity contribution is 0.559. The summed E-state index contributed by atoms with van der Waals surface area (Å²) in [7, 11) is 0. The van der Waals surface area contributed by atoms with Crippen LogP contribution in [0.3, 0.4) is 0 Å². The first-order valence-corrected chi connectivity index (χ1v) is 5.15. The minimum Gasteiger partial charge on any atom is -0.440 e. The predicted octanol–water partition coefficient (Wildman–Crippen LogP) is 3.64. The van der Waals surface area contributed by atoms with Crippen LogP contribution in [0.1, 0.15) is 11.5 Å². The third-order valence-corrected chi connectivity index (χ3v) is 2.74. The van der Waals surface area contributed by atoms with Gasteiger partial charge in [0.05, 0.1) is 4.47 Å². The maximum Gasteiger partial charge on any atom is 0.192 e. The Labute approximate surface area is 89.0 Å². The summed E-state index contributed by atoms with van der Waals surface area (Å²) < 4.78 is 6.34. The summed E-state index contributed by atoms with van der Waals surface area (Å²) in [5.41, 5.74) is 2.62. The summed E-state index contributed by atoms with van der Waals surface area (Å²) in [6.07, 6.45) is 0. The molecule has 68 valence electrons. The molecule has 0 aliphatic heterocycles. The van der Waals surface area contributed by atoms with Crippen LogP contribution in [-0.4, -0.2) is 4.98 Å². The van der Waals surface area contributed by atoms with Crippen LogP contribution < -0.4 is 0 Å². The number of oxazole rings is 1. The molecule has 0 atom stereocenters. The van der Waals surface area contributed by atoms with Crippen LogP contribution in [0.5, 0.6) is 0 Å². The van der Waals surface area contributed by atoms with Crippen molar-refractivity contribution in [2.75, 3.05) is 0 Å². The molecule has 1 heterocycles. The van der Waals surface area contributed by atoms with Gasteiger partial charge in [0.25, 0.3) is 0 Å². The van der Waals surface area contributed by atoms with Gasteiger partial charge in [-0.2, -0.15) is 0 Å². The molecule has 0 aliphatic carbocycles. The zero-order chi connectivity index (χ0) is 9.42. The van der Waals surface area contributed by atoms with Crippen molar-refractivity contribution in [3.05, 3.63) is 28.1 Å². The van der Waals surface area contributed by atoms with Crippen molar-refractivity contribution in [1.29, 1.82) is 0 Å². The van der Waals surface area contributed by atoms with E-state index in [1.54, 1.807) is 0 Å². The Morgan fingerprint density at radius 2 is 2.31 bits per heavy atom. The lowest BCUT2D eigenvalue weighted by atomic mass is 10.2. The van der Waals surface area contributed by atoms with E-state index in [0.717, 1.165) is 21.1 Å². The summed E-state index contributed by atoms with van der Waals surface area (Å²) in [5, 5.41) is 0. The van der Waals surface area contributed by atoms with Gasteiger partial charge in [0, 0.05) is 12.8 Å². The molecule has 1 aromatic carbocycles. The van der Waals surface area contributed by atoms with Gasteiger partial charge in [0.15, 0.2) is 11.5 Å². The highest BCUT2D eigenvalue weighted by atomic mass is 79.9. The highest BCUT2D eigenvalue weighted by Crippen LogP contribution is 2.28. The largest absolute Gasteiger partial charge is 0.440 e. The van der Waals surface area contributed by atoms with Crippen LogP contribution in [0, 0.1) is 6.92 Å². The van der Waals surface area contributed by atoms with Crippen LogP contribution in [0.25, 0.3) is 11.1 Å². The number of rotatable bonds is 1. The van der Waals surface area contributed by atoms with Crippen molar-refractivity contribution in [3.8, 4) is 0 Å². The molecule has 0 unspecified atom stereocenters. The number of fused-ring (bicyclic) bond motifs is 1. The number of benzene rings is 1. The molecule has 0 bridgehead atoms. The van der Waals surface area contributed by atoms with E-state index >= 15 is 0 Å². The van der Waals surface area contributed by atoms with Gasteiger partial charge in [-0.1, -0.05) is 6.07 Å². The molecule has 0 N–H and O–H groups in total. The molecular weight excluding hydrogens is 253 g/mol. The Morgan fingerprint density at radius 1 is 1.54 bits per heavy atom. The van der Waals surface area contributed by atoms with Gasteiger partial charge in [0.2, 0.25) is 0 Å². The molecule has 0 spiro atoms. The van der Waals surface area contributed by atoms with Crippen molar-refractivity contribution >= 4 is 38.6 Å². The van der Waals surface area contributed by atoms with Crippen molar-refractivity contribution < 1.29 is 4.42 Å². The lowest BCUT2D eigenvalue weighted by Gasteiger charge is -1.96. The Hall–Kier alpha value is -0.540. The molecule has 2 nitrogen and oxygen atoms in total. The van der Waals surface area contributed by atoms with Gasteiger partial charge in [-0.3, -0.25) is 0 Å². The molecule has 2 rings (SSSR count). The maximum absolute atomic E-state index is 5.77. The average Bonchev–Trinajstić information content (AvgIpc) is 2.48. The van der Waals surface area contributed by atoms with Crippen LogP contribution >= 0.6 is 27.5 Å². The highest BCUT2D eigenvalue weighted by Gasteiger charge is 2.09. The molecule has 0 saturated heterocycles. The number of halogens is 2. The second-order valence-corrected chi connectivity index (χ2v) is 3.87. The van der Waals surface area contributed by atoms with E-state index < -0.39 is 0 Å². The Morgan fingerprint density at radius 3 is 3.00 bits per heavy atom. The third-order valence-electron chi connectivity index (χ3n) is 1.83. The SMILES string of the molecule is Cc1nc2c(CCl)ccc(Br)c2o1. The molecule has 0 fully saturated rings. The molecular formula is C9H7BrClNO. The van der Waals surface area contributed by atoms with Gasteiger partial charge < -0.3 is 4.42 Å². The molecule has 0 amide bonds. The molecule has 2 aromatic rings. The smallest absolute Gasteiger partial charge is 0.192 e. The summed E-state index contributed by atoms with van der Waals surface area (Å²) >= 11 is 9.17. The van der Waals surface area contributed by atoms with E-state index in [1.807, 2.05) is 19.1 Å². The zero-order valence-corrected chi connectivity index (χ0v) is 9.32. The summed E-state index contributed by atoms with van der Waals surface area (Å²) in [4.78, 5) is 4.26. The Balaban J connectivity index is 2.83. The van der Waals surface area contributed by atoms with Crippen LogP contribution in [0.2, 0.25) is 0 Å². The van der Waals surface area contributed by atoms with Gasteiger partial charge in [-0.05, 0) is 27.6 Å². The molecule has 0 radical (unpaired) electrons. The number of hydrogen-bond donors (Lipinski definition) is 0. The standard InChI is InChI=1S/C9H7BrClNO/c1-5-12-8-6(4-11)2-3-7(10)9(8)13-5/h2-3H,4H2,1H3. The first-order chi connectivity index (χ1) is 6.22. The highest BCUT2D eigenvalue weighted by molar-refractivity contribution is 9.10. The van der Waals surface area contributed by atoms with Crippen LogP contribution in [0.4, 0.5) is 0 Å². The van der Waals surface area contributed by atoms with E-state index in [1.165, 1.54) is 0 Å². The van der Waals surface area contributed by atoms with Crippen molar-refractivity contribution in [2.45, 2.75) is 12.8 Å². The van der Waals surface area contributed by atoms with E-state index in [9.17, 15) is 0 Å². The fourth-order valence-electron chi connectivity index (χ4n) is 1.24. The number of nitrogens with zero attached hydrogens (tertiary/aromatic N) is 1. The number of aryl methyl sites for hydroxylation is 1. The summed E-state index contributed by atoms with van der Waals surface area (Å²) in [6, 6.07) is 3.87. The van der Waals surface area contributed by atoms with Gasteiger partial charge >= 0.3 is 0 Å². The first kappa shape index (κ1) is 9.03. The van der Waals surface area contributed by atoms with Gasteiger partial charge in [0.1, 0.15) is 5.52 Å². The average molecular weight is 261 g/mol. The minimum atomic E-state index is 0.454. The second kappa shape index (κ2) is 3.31. The lowest BCUT2D eigenvalue weighted by Crippen LogP contribution is -1.81. The van der Waals surface area contributed by atoms with Gasteiger partial charge in [-0.15, -0.1) is 11.6 Å². The monoisotopic (exact) mass is 259 g/mol. The van der Waals surface area contributed by atoms with Crippen LogP contribution in [0.15, 0.2) is 21.0 Å². The van der Waals surface area contributed by atoms with Crippen molar-refractivity contribution in [2.24, 2.45) is 0 Å². The summed E-state index contributed by atoms with van der Waals surface area (Å²) in [6.45, 7) is 1.82. The first-order valence-electron chi connectivity index (χ1n) is 3.83. The number of aromatic nitrogens is 1. The second-order valence-electron chi connectivity index (χ2n) is 2.75. The number of hydrogen-bond acceptors (Lipinski definition) is 2. The number of alkyl halides is 1. The fourth-order valence-corrected chi connectivity index (χ4v) is 1.86. The molecule has 1 aromatic heterocycles. The Bertz CT molecular complexity index is 452. The van der Waals surface area contributed by atoms with E-state index in [2.05, 4.69) is 20.9 Å². The van der Waals surface area contributed by atoms with Crippen molar-refractivity contribution in [1.82, 2.24) is 4.98 Å². The zero-order valence-electron chi connectivity index (χ0n) is 6.97. The van der Waals surface area contributed by atoms with E-state index in [0.29, 0.717) is 11.8 Å².